The van der Waals surface area contributed by atoms with Gasteiger partial charge in [-0.25, -0.2) is 4.79 Å². The summed E-state index contributed by atoms with van der Waals surface area (Å²) in [5.41, 5.74) is 3.23. The van der Waals surface area contributed by atoms with Gasteiger partial charge in [-0.05, 0) is 43.7 Å². The molecule has 1 atom stereocenters. The van der Waals surface area contributed by atoms with Gasteiger partial charge in [0.1, 0.15) is 0 Å². The highest BCUT2D eigenvalue weighted by Gasteiger charge is 2.28. The number of fused-ring (bicyclic) bond motifs is 1. The van der Waals surface area contributed by atoms with Gasteiger partial charge in [0.25, 0.3) is 0 Å². The van der Waals surface area contributed by atoms with Gasteiger partial charge in [-0.3, -0.25) is 9.67 Å². The molecule has 24 heavy (non-hydrogen) atoms. The Morgan fingerprint density at radius 3 is 3.00 bits per heavy atom. The van der Waals surface area contributed by atoms with E-state index < -0.39 is 0 Å². The first-order valence-electron chi connectivity index (χ1n) is 8.42. The average molecular weight is 346 g/mol. The number of pyridine rings is 1. The molecule has 4 rings (SSSR count). The summed E-state index contributed by atoms with van der Waals surface area (Å²) in [4.78, 5) is 18.8. The maximum atomic E-state index is 12.5. The van der Waals surface area contributed by atoms with Gasteiger partial charge in [-0.15, -0.1) is 0 Å². The minimum Gasteiger partial charge on any atom is -0.322 e. The third kappa shape index (κ3) is 3.11. The number of nitrogens with one attached hydrogen (secondary N) is 1. The van der Waals surface area contributed by atoms with Crippen molar-refractivity contribution in [1.82, 2.24) is 19.7 Å². The number of aryl methyl sites for hydroxylation is 2. The summed E-state index contributed by atoms with van der Waals surface area (Å²) in [6, 6.07) is 2.18. The average Bonchev–Trinajstić information content (AvgIpc) is 3.23. The van der Waals surface area contributed by atoms with Gasteiger partial charge in [-0.1, -0.05) is 11.6 Å². The molecule has 126 valence electrons. The minimum absolute atomic E-state index is 0.0756. The highest BCUT2D eigenvalue weighted by atomic mass is 35.5. The number of likely N-dealkylation sites (tertiary alicyclic amines) is 1. The van der Waals surface area contributed by atoms with E-state index in [0.717, 1.165) is 24.9 Å². The number of aromatic nitrogens is 3. The number of urea groups is 1. The predicted octanol–water partition coefficient (Wildman–Crippen LogP) is 3.29. The molecular weight excluding hydrogens is 326 g/mol. The van der Waals surface area contributed by atoms with Crippen molar-refractivity contribution >= 4 is 23.3 Å². The first kappa shape index (κ1) is 15.4. The van der Waals surface area contributed by atoms with Crippen molar-refractivity contribution < 1.29 is 4.79 Å². The second-order valence-corrected chi connectivity index (χ2v) is 6.93. The van der Waals surface area contributed by atoms with Crippen molar-refractivity contribution in [3.63, 3.8) is 0 Å². The summed E-state index contributed by atoms with van der Waals surface area (Å²) in [5, 5.41) is 7.84. The van der Waals surface area contributed by atoms with Crippen LogP contribution in [0.15, 0.2) is 24.7 Å². The van der Waals surface area contributed by atoms with Crippen LogP contribution < -0.4 is 5.32 Å². The fraction of sp³-hybridized carbons (Fsp3) is 0.471. The first-order valence-corrected chi connectivity index (χ1v) is 8.80. The summed E-state index contributed by atoms with van der Waals surface area (Å²) < 4.78 is 1.84. The second-order valence-electron chi connectivity index (χ2n) is 6.49. The highest BCUT2D eigenvalue weighted by Crippen LogP contribution is 2.25. The number of carbonyl (C=O) groups excluding carboxylic acids is 1. The van der Waals surface area contributed by atoms with E-state index in [1.54, 1.807) is 18.6 Å². The Bertz CT molecular complexity index is 759. The van der Waals surface area contributed by atoms with Gasteiger partial charge in [0, 0.05) is 25.0 Å². The summed E-state index contributed by atoms with van der Waals surface area (Å²) in [5.74, 6) is 0. The Morgan fingerprint density at radius 1 is 1.29 bits per heavy atom. The topological polar surface area (TPSA) is 63.1 Å². The van der Waals surface area contributed by atoms with Crippen LogP contribution in [0.3, 0.4) is 0 Å². The van der Waals surface area contributed by atoms with Crippen LogP contribution in [0, 0.1) is 0 Å². The Labute approximate surface area is 145 Å². The van der Waals surface area contributed by atoms with Gasteiger partial charge >= 0.3 is 6.03 Å². The van der Waals surface area contributed by atoms with Crippen molar-refractivity contribution in [3.05, 3.63) is 40.9 Å². The normalized spacial score (nSPS) is 20.0. The second kappa shape index (κ2) is 6.43. The minimum atomic E-state index is -0.0756. The molecule has 0 radical (unpaired) electrons. The molecular formula is C17H20ClN5O. The van der Waals surface area contributed by atoms with Gasteiger partial charge in [0.2, 0.25) is 0 Å². The van der Waals surface area contributed by atoms with Crippen LogP contribution in [-0.4, -0.2) is 38.8 Å². The summed E-state index contributed by atoms with van der Waals surface area (Å²) >= 11 is 5.92. The van der Waals surface area contributed by atoms with Crippen LogP contribution >= 0.6 is 11.6 Å². The van der Waals surface area contributed by atoms with E-state index in [9.17, 15) is 4.79 Å². The summed E-state index contributed by atoms with van der Waals surface area (Å²) in [6.45, 7) is 1.36. The fourth-order valence-electron chi connectivity index (χ4n) is 3.52. The van der Waals surface area contributed by atoms with E-state index in [-0.39, 0.29) is 12.1 Å². The monoisotopic (exact) mass is 345 g/mol. The maximum Gasteiger partial charge on any atom is 0.321 e. The lowest BCUT2D eigenvalue weighted by Gasteiger charge is -2.19. The molecule has 0 unspecified atom stereocenters. The molecule has 1 aliphatic heterocycles. The number of nitrogens with zero attached hydrogens (tertiary/aromatic N) is 4. The molecule has 2 amide bonds. The van der Waals surface area contributed by atoms with E-state index in [1.165, 1.54) is 24.1 Å². The Balaban J connectivity index is 1.40. The third-order valence-corrected chi connectivity index (χ3v) is 5.01. The fourth-order valence-corrected chi connectivity index (χ4v) is 3.66. The van der Waals surface area contributed by atoms with Crippen molar-refractivity contribution in [2.24, 2.45) is 0 Å². The molecule has 2 aliphatic rings. The van der Waals surface area contributed by atoms with Crippen LogP contribution in [0.5, 0.6) is 0 Å². The molecule has 0 spiro atoms. The molecule has 7 heteroatoms. The van der Waals surface area contributed by atoms with Crippen LogP contribution in [-0.2, 0) is 12.8 Å². The molecule has 2 aromatic heterocycles. The Hall–Kier alpha value is -2.08. The van der Waals surface area contributed by atoms with Gasteiger partial charge < -0.3 is 10.2 Å². The van der Waals surface area contributed by atoms with Crippen molar-refractivity contribution in [2.75, 3.05) is 18.4 Å². The third-order valence-electron chi connectivity index (χ3n) is 4.82. The molecule has 3 heterocycles. The number of rotatable bonds is 2. The molecule has 1 aliphatic carbocycles. The van der Waals surface area contributed by atoms with E-state index >= 15 is 0 Å². The van der Waals surface area contributed by atoms with E-state index in [1.807, 2.05) is 9.58 Å². The molecule has 1 saturated heterocycles. The molecule has 1 N–H and O–H groups in total. The lowest BCUT2D eigenvalue weighted by molar-refractivity contribution is 0.220. The number of hydrogen-bond acceptors (Lipinski definition) is 3. The Kier molecular flexibility index (Phi) is 4.14. The van der Waals surface area contributed by atoms with E-state index in [0.29, 0.717) is 18.1 Å². The standard InChI is InChI=1S/C17H20ClN5O/c18-13-8-20-23(10-13)15-5-6-22(11-15)17(24)21-14-7-12-3-1-2-4-16(12)19-9-14/h7-10,15H,1-6,11H2,(H,21,24)/t15-/m0/s1. The molecule has 1 fully saturated rings. The van der Waals surface area contributed by atoms with Crippen LogP contribution in [0.25, 0.3) is 0 Å². The van der Waals surface area contributed by atoms with E-state index in [2.05, 4.69) is 21.5 Å². The zero-order valence-electron chi connectivity index (χ0n) is 13.4. The van der Waals surface area contributed by atoms with Crippen molar-refractivity contribution in [2.45, 2.75) is 38.1 Å². The van der Waals surface area contributed by atoms with Crippen LogP contribution in [0.2, 0.25) is 5.02 Å². The van der Waals surface area contributed by atoms with Crippen molar-refractivity contribution in [1.29, 1.82) is 0 Å². The summed E-state index contributed by atoms with van der Waals surface area (Å²) in [6.07, 6.45) is 10.6. The van der Waals surface area contributed by atoms with Crippen LogP contribution in [0.4, 0.5) is 10.5 Å². The lowest BCUT2D eigenvalue weighted by atomic mass is 9.96. The number of halogens is 1. The van der Waals surface area contributed by atoms with Gasteiger partial charge in [-0.2, -0.15) is 5.10 Å². The van der Waals surface area contributed by atoms with Gasteiger partial charge in [0.05, 0.1) is 29.1 Å². The molecule has 0 bridgehead atoms. The zero-order chi connectivity index (χ0) is 16.5. The van der Waals surface area contributed by atoms with Crippen molar-refractivity contribution in [3.8, 4) is 0 Å². The molecule has 0 saturated carbocycles. The molecule has 2 aromatic rings. The number of amides is 2. The smallest absolute Gasteiger partial charge is 0.321 e. The maximum absolute atomic E-state index is 12.5. The number of carbonyl (C=O) groups is 1. The first-order chi connectivity index (χ1) is 11.7. The predicted molar refractivity (Wildman–Crippen MR) is 92.4 cm³/mol. The molecule has 6 nitrogen and oxygen atoms in total. The lowest BCUT2D eigenvalue weighted by Crippen LogP contribution is -2.33. The largest absolute Gasteiger partial charge is 0.322 e. The van der Waals surface area contributed by atoms with E-state index in [4.69, 9.17) is 11.6 Å². The SMILES string of the molecule is O=C(Nc1cnc2c(c1)CCCC2)N1CC[C@H](n2cc(Cl)cn2)C1. The summed E-state index contributed by atoms with van der Waals surface area (Å²) in [7, 11) is 0. The zero-order valence-corrected chi connectivity index (χ0v) is 14.2. The quantitative estimate of drug-likeness (QED) is 0.908. The Morgan fingerprint density at radius 2 is 2.17 bits per heavy atom. The number of anilines is 1. The molecule has 0 aromatic carbocycles. The highest BCUT2D eigenvalue weighted by molar-refractivity contribution is 6.30. The van der Waals surface area contributed by atoms with Crippen LogP contribution in [0.1, 0.15) is 36.6 Å². The number of hydrogen-bond donors (Lipinski definition) is 1. The van der Waals surface area contributed by atoms with Gasteiger partial charge in [0.15, 0.2) is 0 Å².